The molecule has 1 aliphatic heterocycles. The molecular formula is C12H15ClN2O2S. The summed E-state index contributed by atoms with van der Waals surface area (Å²) in [5.41, 5.74) is 0. The molecule has 1 saturated heterocycles. The molecular weight excluding hydrogens is 272 g/mol. The number of hydrogen-bond donors (Lipinski definition) is 1. The smallest absolute Gasteiger partial charge is 0.243 e. The lowest BCUT2D eigenvalue weighted by Crippen LogP contribution is -2.57. The maximum Gasteiger partial charge on any atom is 0.243 e. The summed E-state index contributed by atoms with van der Waals surface area (Å²) < 4.78 is 0.700. The molecule has 4 nitrogen and oxygen atoms in total. The van der Waals surface area contributed by atoms with E-state index in [-0.39, 0.29) is 24.4 Å². The van der Waals surface area contributed by atoms with E-state index in [4.69, 9.17) is 11.6 Å². The van der Waals surface area contributed by atoms with Gasteiger partial charge in [0, 0.05) is 4.88 Å². The van der Waals surface area contributed by atoms with E-state index in [1.807, 2.05) is 19.1 Å². The molecule has 0 aromatic carbocycles. The Bertz CT molecular complexity index is 461. The van der Waals surface area contributed by atoms with Crippen molar-refractivity contribution in [2.75, 3.05) is 6.54 Å². The highest BCUT2D eigenvalue weighted by Gasteiger charge is 2.33. The summed E-state index contributed by atoms with van der Waals surface area (Å²) in [4.78, 5) is 26.4. The summed E-state index contributed by atoms with van der Waals surface area (Å²) in [6, 6.07) is 3.36. The Kier molecular flexibility index (Phi) is 4.24. The zero-order valence-electron chi connectivity index (χ0n) is 10.1. The van der Waals surface area contributed by atoms with Crippen molar-refractivity contribution in [1.29, 1.82) is 0 Å². The van der Waals surface area contributed by atoms with Crippen LogP contribution in [0.15, 0.2) is 12.1 Å². The highest BCUT2D eigenvalue weighted by molar-refractivity contribution is 7.16. The fourth-order valence-corrected chi connectivity index (χ4v) is 3.15. The summed E-state index contributed by atoms with van der Waals surface area (Å²) >= 11 is 7.32. The van der Waals surface area contributed by atoms with Crippen molar-refractivity contribution in [2.45, 2.75) is 32.4 Å². The van der Waals surface area contributed by atoms with Crippen molar-refractivity contribution < 1.29 is 9.59 Å². The second-order valence-electron chi connectivity index (χ2n) is 4.25. The normalized spacial score (nSPS) is 20.1. The highest BCUT2D eigenvalue weighted by Crippen LogP contribution is 2.24. The van der Waals surface area contributed by atoms with Crippen LogP contribution in [-0.2, 0) is 16.1 Å². The van der Waals surface area contributed by atoms with E-state index in [1.54, 1.807) is 4.90 Å². The molecule has 1 atom stereocenters. The minimum atomic E-state index is -0.350. The molecule has 0 bridgehead atoms. The van der Waals surface area contributed by atoms with Crippen LogP contribution in [-0.4, -0.2) is 29.3 Å². The third kappa shape index (κ3) is 2.84. The van der Waals surface area contributed by atoms with Crippen LogP contribution in [0.3, 0.4) is 0 Å². The Morgan fingerprint density at radius 3 is 2.89 bits per heavy atom. The highest BCUT2D eigenvalue weighted by atomic mass is 35.5. The van der Waals surface area contributed by atoms with Crippen LogP contribution < -0.4 is 5.32 Å². The minimum absolute atomic E-state index is 0.0300. The molecule has 98 valence electrons. The predicted molar refractivity (Wildman–Crippen MR) is 71.6 cm³/mol. The van der Waals surface area contributed by atoms with Gasteiger partial charge in [0.15, 0.2) is 0 Å². The van der Waals surface area contributed by atoms with Gasteiger partial charge in [0.1, 0.15) is 6.04 Å². The SMILES string of the molecule is CCCC1C(=O)NCC(=O)N1Cc1ccc(Cl)s1. The van der Waals surface area contributed by atoms with Crippen molar-refractivity contribution in [3.8, 4) is 0 Å². The average molecular weight is 287 g/mol. The van der Waals surface area contributed by atoms with Crippen molar-refractivity contribution in [2.24, 2.45) is 0 Å². The zero-order valence-corrected chi connectivity index (χ0v) is 11.7. The van der Waals surface area contributed by atoms with Gasteiger partial charge in [0.25, 0.3) is 0 Å². The van der Waals surface area contributed by atoms with E-state index in [0.717, 1.165) is 11.3 Å². The van der Waals surface area contributed by atoms with Gasteiger partial charge in [-0.05, 0) is 18.6 Å². The number of thiophene rings is 1. The molecule has 1 fully saturated rings. The van der Waals surface area contributed by atoms with Crippen molar-refractivity contribution in [1.82, 2.24) is 10.2 Å². The molecule has 0 radical (unpaired) electrons. The Labute approximate surface area is 115 Å². The second kappa shape index (κ2) is 5.71. The number of amides is 2. The van der Waals surface area contributed by atoms with Crippen LogP contribution in [0, 0.1) is 0 Å². The van der Waals surface area contributed by atoms with Gasteiger partial charge in [0.2, 0.25) is 11.8 Å². The first-order valence-corrected chi connectivity index (χ1v) is 7.12. The minimum Gasteiger partial charge on any atom is -0.345 e. The molecule has 2 amide bonds. The standard InChI is InChI=1S/C12H15ClN2O2S/c1-2-3-9-12(17)14-6-11(16)15(9)7-8-4-5-10(13)18-8/h4-5,9H,2-3,6-7H2,1H3,(H,14,17). The first kappa shape index (κ1) is 13.4. The number of carbonyl (C=O) groups is 2. The molecule has 0 saturated carbocycles. The third-order valence-electron chi connectivity index (χ3n) is 2.93. The Morgan fingerprint density at radius 2 is 2.28 bits per heavy atom. The van der Waals surface area contributed by atoms with Gasteiger partial charge in [-0.15, -0.1) is 11.3 Å². The molecule has 0 spiro atoms. The Morgan fingerprint density at radius 1 is 1.50 bits per heavy atom. The maximum atomic E-state index is 11.9. The van der Waals surface area contributed by atoms with Crippen LogP contribution in [0.2, 0.25) is 4.34 Å². The number of halogens is 1. The van der Waals surface area contributed by atoms with Gasteiger partial charge in [-0.3, -0.25) is 9.59 Å². The molecule has 6 heteroatoms. The largest absolute Gasteiger partial charge is 0.345 e. The molecule has 1 aliphatic rings. The lowest BCUT2D eigenvalue weighted by molar-refractivity contribution is -0.146. The fraction of sp³-hybridized carbons (Fsp3) is 0.500. The van der Waals surface area contributed by atoms with Gasteiger partial charge >= 0.3 is 0 Å². The van der Waals surface area contributed by atoms with Gasteiger partial charge in [-0.2, -0.15) is 0 Å². The first-order valence-electron chi connectivity index (χ1n) is 5.93. The molecule has 1 unspecified atom stereocenters. The lowest BCUT2D eigenvalue weighted by atomic mass is 10.1. The fourth-order valence-electron chi connectivity index (χ4n) is 2.06. The monoisotopic (exact) mass is 286 g/mol. The molecule has 2 rings (SSSR count). The van der Waals surface area contributed by atoms with E-state index in [2.05, 4.69) is 5.32 Å². The van der Waals surface area contributed by atoms with Crippen molar-refractivity contribution in [3.05, 3.63) is 21.3 Å². The van der Waals surface area contributed by atoms with Gasteiger partial charge < -0.3 is 10.2 Å². The van der Waals surface area contributed by atoms with Gasteiger partial charge in [-0.25, -0.2) is 0 Å². The number of carbonyl (C=O) groups excluding carboxylic acids is 2. The van der Waals surface area contributed by atoms with E-state index in [0.29, 0.717) is 17.3 Å². The molecule has 0 aliphatic carbocycles. The number of rotatable bonds is 4. The Hall–Kier alpha value is -1.07. The van der Waals surface area contributed by atoms with Gasteiger partial charge in [-0.1, -0.05) is 24.9 Å². The van der Waals surface area contributed by atoms with Crippen LogP contribution in [0.1, 0.15) is 24.6 Å². The number of nitrogens with zero attached hydrogens (tertiary/aromatic N) is 1. The first-order chi connectivity index (χ1) is 8.61. The molecule has 1 aromatic rings. The summed E-state index contributed by atoms with van der Waals surface area (Å²) in [6.07, 6.45) is 1.56. The number of piperazine rings is 1. The molecule has 18 heavy (non-hydrogen) atoms. The molecule has 1 aromatic heterocycles. The van der Waals surface area contributed by atoms with Crippen molar-refractivity contribution in [3.63, 3.8) is 0 Å². The van der Waals surface area contributed by atoms with Gasteiger partial charge in [0.05, 0.1) is 17.4 Å². The van der Waals surface area contributed by atoms with E-state index < -0.39 is 0 Å². The molecule has 2 heterocycles. The predicted octanol–water partition coefficient (Wildman–Crippen LogP) is 2.03. The van der Waals surface area contributed by atoms with E-state index >= 15 is 0 Å². The molecule has 1 N–H and O–H groups in total. The summed E-state index contributed by atoms with van der Waals surface area (Å²) in [6.45, 7) is 2.57. The second-order valence-corrected chi connectivity index (χ2v) is 6.05. The quantitative estimate of drug-likeness (QED) is 0.921. The van der Waals surface area contributed by atoms with E-state index in [9.17, 15) is 9.59 Å². The number of nitrogens with one attached hydrogen (secondary N) is 1. The third-order valence-corrected chi connectivity index (χ3v) is 4.15. The summed E-state index contributed by atoms with van der Waals surface area (Å²) in [5.74, 6) is -0.0864. The summed E-state index contributed by atoms with van der Waals surface area (Å²) in [5, 5.41) is 2.63. The number of hydrogen-bond acceptors (Lipinski definition) is 3. The lowest BCUT2D eigenvalue weighted by Gasteiger charge is -2.34. The summed E-state index contributed by atoms with van der Waals surface area (Å²) in [7, 11) is 0. The topological polar surface area (TPSA) is 49.4 Å². The van der Waals surface area contributed by atoms with Crippen LogP contribution >= 0.6 is 22.9 Å². The Balaban J connectivity index is 2.15. The van der Waals surface area contributed by atoms with Crippen molar-refractivity contribution >= 4 is 34.8 Å². The van der Waals surface area contributed by atoms with Crippen LogP contribution in [0.5, 0.6) is 0 Å². The van der Waals surface area contributed by atoms with E-state index in [1.165, 1.54) is 11.3 Å². The average Bonchev–Trinajstić information content (AvgIpc) is 2.74. The zero-order chi connectivity index (χ0) is 13.1. The van der Waals surface area contributed by atoms with Crippen LogP contribution in [0.4, 0.5) is 0 Å². The van der Waals surface area contributed by atoms with Crippen LogP contribution in [0.25, 0.3) is 0 Å². The maximum absolute atomic E-state index is 11.9.